The number of aromatic nitrogens is 2. The van der Waals surface area contributed by atoms with E-state index in [9.17, 15) is 0 Å². The van der Waals surface area contributed by atoms with Gasteiger partial charge >= 0.3 is 0 Å². The Balaban J connectivity index is 2.08. The summed E-state index contributed by atoms with van der Waals surface area (Å²) in [7, 11) is 0. The molecule has 0 amide bonds. The van der Waals surface area contributed by atoms with Gasteiger partial charge in [0.2, 0.25) is 0 Å². The highest BCUT2D eigenvalue weighted by molar-refractivity contribution is 5.10. The molecular formula is C16H29N3O. The SMILES string of the molecule is CCOC1(c2ncc(CNC(C)(C)C)[nH]2)CCCCC1. The third-order valence-electron chi connectivity index (χ3n) is 3.95. The van der Waals surface area contributed by atoms with Gasteiger partial charge in [0.1, 0.15) is 11.4 Å². The summed E-state index contributed by atoms with van der Waals surface area (Å²) >= 11 is 0. The van der Waals surface area contributed by atoms with E-state index in [4.69, 9.17) is 4.74 Å². The van der Waals surface area contributed by atoms with Crippen molar-refractivity contribution in [3.8, 4) is 0 Å². The Kier molecular flexibility index (Phi) is 4.86. The van der Waals surface area contributed by atoms with Crippen LogP contribution in [0.4, 0.5) is 0 Å². The van der Waals surface area contributed by atoms with Crippen LogP contribution in [0.2, 0.25) is 0 Å². The second-order valence-corrected chi connectivity index (χ2v) is 6.85. The molecule has 0 radical (unpaired) electrons. The van der Waals surface area contributed by atoms with E-state index in [2.05, 4.69) is 43.0 Å². The number of nitrogens with zero attached hydrogens (tertiary/aromatic N) is 1. The van der Waals surface area contributed by atoms with Crippen molar-refractivity contribution in [2.24, 2.45) is 0 Å². The zero-order valence-electron chi connectivity index (χ0n) is 13.4. The minimum absolute atomic E-state index is 0.119. The van der Waals surface area contributed by atoms with Crippen LogP contribution in [-0.2, 0) is 16.9 Å². The van der Waals surface area contributed by atoms with Crippen molar-refractivity contribution in [1.29, 1.82) is 0 Å². The van der Waals surface area contributed by atoms with Crippen molar-refractivity contribution in [2.75, 3.05) is 6.61 Å². The largest absolute Gasteiger partial charge is 0.367 e. The molecule has 1 fully saturated rings. The fraction of sp³-hybridized carbons (Fsp3) is 0.812. The molecule has 1 saturated carbocycles. The number of H-pyrrole nitrogens is 1. The Hall–Kier alpha value is -0.870. The first-order valence-corrected chi connectivity index (χ1v) is 7.88. The lowest BCUT2D eigenvalue weighted by Gasteiger charge is -2.35. The van der Waals surface area contributed by atoms with Gasteiger partial charge in [0, 0.05) is 30.6 Å². The molecule has 0 aliphatic heterocycles. The highest BCUT2D eigenvalue weighted by Gasteiger charge is 2.37. The Morgan fingerprint density at radius 3 is 2.60 bits per heavy atom. The molecule has 0 saturated heterocycles. The van der Waals surface area contributed by atoms with Crippen LogP contribution < -0.4 is 5.32 Å². The van der Waals surface area contributed by atoms with Crippen LogP contribution in [-0.4, -0.2) is 22.1 Å². The highest BCUT2D eigenvalue weighted by atomic mass is 16.5. The number of imidazole rings is 1. The lowest BCUT2D eigenvalue weighted by Crippen LogP contribution is -2.35. The zero-order valence-corrected chi connectivity index (χ0v) is 13.4. The number of nitrogens with one attached hydrogen (secondary N) is 2. The van der Waals surface area contributed by atoms with E-state index in [-0.39, 0.29) is 11.1 Å². The third-order valence-corrected chi connectivity index (χ3v) is 3.95. The topological polar surface area (TPSA) is 49.9 Å². The Bertz CT molecular complexity index is 408. The maximum absolute atomic E-state index is 6.10. The molecule has 20 heavy (non-hydrogen) atoms. The maximum Gasteiger partial charge on any atom is 0.138 e. The van der Waals surface area contributed by atoms with E-state index >= 15 is 0 Å². The van der Waals surface area contributed by atoms with Gasteiger partial charge in [-0.25, -0.2) is 4.98 Å². The van der Waals surface area contributed by atoms with E-state index in [1.807, 2.05) is 6.20 Å². The molecule has 1 heterocycles. The first-order valence-electron chi connectivity index (χ1n) is 7.88. The second-order valence-electron chi connectivity index (χ2n) is 6.85. The standard InChI is InChI=1S/C16H29N3O/c1-5-20-16(9-7-6-8-10-16)14-17-11-13(19-14)12-18-15(2,3)4/h11,18H,5-10,12H2,1-4H3,(H,17,19). The molecule has 2 N–H and O–H groups in total. The van der Waals surface area contributed by atoms with Crippen LogP contribution in [0.3, 0.4) is 0 Å². The van der Waals surface area contributed by atoms with Gasteiger partial charge < -0.3 is 15.0 Å². The van der Waals surface area contributed by atoms with Crippen LogP contribution in [0.25, 0.3) is 0 Å². The summed E-state index contributed by atoms with van der Waals surface area (Å²) in [4.78, 5) is 8.09. The fourth-order valence-electron chi connectivity index (χ4n) is 2.89. The monoisotopic (exact) mass is 279 g/mol. The number of hydrogen-bond donors (Lipinski definition) is 2. The molecule has 2 rings (SSSR count). The number of aromatic amines is 1. The zero-order chi connectivity index (χ0) is 14.6. The number of hydrogen-bond acceptors (Lipinski definition) is 3. The van der Waals surface area contributed by atoms with Crippen LogP contribution in [0.15, 0.2) is 6.20 Å². The molecule has 4 heteroatoms. The minimum Gasteiger partial charge on any atom is -0.367 e. The molecule has 0 unspecified atom stereocenters. The fourth-order valence-corrected chi connectivity index (χ4v) is 2.89. The molecular weight excluding hydrogens is 250 g/mol. The first-order chi connectivity index (χ1) is 9.45. The van der Waals surface area contributed by atoms with Gasteiger partial charge in [-0.3, -0.25) is 0 Å². The Labute approximate surface area is 122 Å². The van der Waals surface area contributed by atoms with Gasteiger partial charge in [-0.2, -0.15) is 0 Å². The number of rotatable bonds is 5. The predicted molar refractivity (Wildman–Crippen MR) is 81.6 cm³/mol. The van der Waals surface area contributed by atoms with E-state index in [0.29, 0.717) is 0 Å². The van der Waals surface area contributed by atoms with Crippen LogP contribution in [0.5, 0.6) is 0 Å². The summed E-state index contributed by atoms with van der Waals surface area (Å²) in [5.74, 6) is 1.02. The van der Waals surface area contributed by atoms with Crippen molar-refractivity contribution in [3.05, 3.63) is 17.7 Å². The van der Waals surface area contributed by atoms with Crippen molar-refractivity contribution in [2.45, 2.75) is 77.5 Å². The van der Waals surface area contributed by atoms with Gasteiger partial charge in [0.05, 0.1) is 0 Å². The van der Waals surface area contributed by atoms with E-state index in [0.717, 1.165) is 37.5 Å². The third kappa shape index (κ3) is 3.83. The van der Waals surface area contributed by atoms with E-state index < -0.39 is 0 Å². The van der Waals surface area contributed by atoms with Gasteiger partial charge in [-0.05, 0) is 40.5 Å². The quantitative estimate of drug-likeness (QED) is 0.867. The smallest absolute Gasteiger partial charge is 0.138 e. The lowest BCUT2D eigenvalue weighted by atomic mass is 9.84. The highest BCUT2D eigenvalue weighted by Crippen LogP contribution is 2.39. The van der Waals surface area contributed by atoms with Crippen LogP contribution in [0, 0.1) is 0 Å². The molecule has 1 aromatic rings. The summed E-state index contributed by atoms with van der Waals surface area (Å²) in [5, 5.41) is 3.49. The molecule has 114 valence electrons. The second kappa shape index (κ2) is 6.27. The Morgan fingerprint density at radius 2 is 2.00 bits per heavy atom. The molecule has 0 atom stereocenters. The lowest BCUT2D eigenvalue weighted by molar-refractivity contribution is -0.0762. The average Bonchev–Trinajstić information content (AvgIpc) is 2.86. The van der Waals surface area contributed by atoms with Gasteiger partial charge in [-0.15, -0.1) is 0 Å². The summed E-state index contributed by atoms with van der Waals surface area (Å²) in [6.45, 7) is 10.2. The van der Waals surface area contributed by atoms with Gasteiger partial charge in [0.15, 0.2) is 0 Å². The summed E-state index contributed by atoms with van der Waals surface area (Å²) in [6.07, 6.45) is 7.89. The summed E-state index contributed by atoms with van der Waals surface area (Å²) in [6, 6.07) is 0. The Morgan fingerprint density at radius 1 is 1.30 bits per heavy atom. The molecule has 1 aliphatic rings. The summed E-state index contributed by atoms with van der Waals surface area (Å²) in [5.41, 5.74) is 1.08. The predicted octanol–water partition coefficient (Wildman–Crippen LogP) is 3.49. The van der Waals surface area contributed by atoms with Crippen LogP contribution >= 0.6 is 0 Å². The number of ether oxygens (including phenoxy) is 1. The summed E-state index contributed by atoms with van der Waals surface area (Å²) < 4.78 is 6.10. The van der Waals surface area contributed by atoms with Crippen LogP contribution in [0.1, 0.15) is 71.3 Å². The average molecular weight is 279 g/mol. The van der Waals surface area contributed by atoms with Crippen molar-refractivity contribution < 1.29 is 4.74 Å². The molecule has 1 aromatic heterocycles. The molecule has 0 bridgehead atoms. The van der Waals surface area contributed by atoms with Crippen molar-refractivity contribution in [1.82, 2.24) is 15.3 Å². The molecule has 0 aromatic carbocycles. The molecule has 0 spiro atoms. The van der Waals surface area contributed by atoms with Gasteiger partial charge in [-0.1, -0.05) is 19.3 Å². The van der Waals surface area contributed by atoms with E-state index in [1.165, 1.54) is 19.3 Å². The van der Waals surface area contributed by atoms with Crippen molar-refractivity contribution in [3.63, 3.8) is 0 Å². The minimum atomic E-state index is -0.174. The van der Waals surface area contributed by atoms with E-state index in [1.54, 1.807) is 0 Å². The molecule has 1 aliphatic carbocycles. The van der Waals surface area contributed by atoms with Crippen molar-refractivity contribution >= 4 is 0 Å². The van der Waals surface area contributed by atoms with Gasteiger partial charge in [0.25, 0.3) is 0 Å². The first kappa shape index (κ1) is 15.5. The normalized spacial score (nSPS) is 19.2. The maximum atomic E-state index is 6.10. The molecule has 4 nitrogen and oxygen atoms in total.